The number of hydrogen-bond acceptors (Lipinski definition) is 2. The molecule has 1 atom stereocenters. The number of aromatic nitrogens is 1. The Morgan fingerprint density at radius 3 is 2.65 bits per heavy atom. The molecular weight excluding hydrogens is 244 g/mol. The van der Waals surface area contributed by atoms with E-state index in [1.54, 1.807) is 17.8 Å². The van der Waals surface area contributed by atoms with Crippen LogP contribution in [0.2, 0.25) is 5.02 Å². The van der Waals surface area contributed by atoms with E-state index in [0.717, 1.165) is 0 Å². The van der Waals surface area contributed by atoms with Gasteiger partial charge >= 0.3 is 5.97 Å². The SMILES string of the molecule is CCC[C@H](NC(=O)c1cc(Cl)cn1C)C(=O)O. The zero-order valence-electron chi connectivity index (χ0n) is 9.74. The van der Waals surface area contributed by atoms with Crippen molar-refractivity contribution >= 4 is 23.5 Å². The average Bonchev–Trinajstić information content (AvgIpc) is 2.57. The number of carbonyl (C=O) groups is 2. The number of nitrogens with one attached hydrogen (secondary N) is 1. The molecule has 17 heavy (non-hydrogen) atoms. The summed E-state index contributed by atoms with van der Waals surface area (Å²) in [5.74, 6) is -1.46. The van der Waals surface area contributed by atoms with Gasteiger partial charge in [0.05, 0.1) is 5.02 Å². The number of rotatable bonds is 5. The molecule has 0 bridgehead atoms. The number of carboxylic acid groups (broad SMARTS) is 1. The van der Waals surface area contributed by atoms with Gasteiger partial charge in [-0.3, -0.25) is 4.79 Å². The number of aryl methyl sites for hydroxylation is 1. The lowest BCUT2D eigenvalue weighted by Gasteiger charge is -2.13. The van der Waals surface area contributed by atoms with Crippen molar-refractivity contribution in [1.29, 1.82) is 0 Å². The van der Waals surface area contributed by atoms with Crippen LogP contribution in [0.1, 0.15) is 30.3 Å². The number of nitrogens with zero attached hydrogens (tertiary/aromatic N) is 1. The highest BCUT2D eigenvalue weighted by Gasteiger charge is 2.21. The summed E-state index contributed by atoms with van der Waals surface area (Å²) in [6, 6.07) is 0.642. The molecule has 0 saturated heterocycles. The highest BCUT2D eigenvalue weighted by atomic mass is 35.5. The molecule has 0 fully saturated rings. The Morgan fingerprint density at radius 2 is 2.24 bits per heavy atom. The number of hydrogen-bond donors (Lipinski definition) is 2. The molecule has 1 amide bonds. The third-order valence-corrected chi connectivity index (χ3v) is 2.59. The molecule has 0 aliphatic rings. The number of halogens is 1. The minimum absolute atomic E-state index is 0.345. The molecule has 0 radical (unpaired) electrons. The van der Waals surface area contributed by atoms with Gasteiger partial charge in [-0.2, -0.15) is 0 Å². The fourth-order valence-corrected chi connectivity index (χ4v) is 1.78. The maximum Gasteiger partial charge on any atom is 0.326 e. The molecule has 0 spiro atoms. The lowest BCUT2D eigenvalue weighted by atomic mass is 10.1. The van der Waals surface area contributed by atoms with E-state index in [1.807, 2.05) is 6.92 Å². The molecule has 1 rings (SSSR count). The Hall–Kier alpha value is -1.49. The molecule has 94 valence electrons. The van der Waals surface area contributed by atoms with E-state index >= 15 is 0 Å². The molecule has 1 aromatic heterocycles. The summed E-state index contributed by atoms with van der Waals surface area (Å²) in [5.41, 5.74) is 0.345. The Labute approximate surface area is 104 Å². The van der Waals surface area contributed by atoms with E-state index in [1.165, 1.54) is 6.07 Å². The van der Waals surface area contributed by atoms with Crippen molar-refractivity contribution in [2.75, 3.05) is 0 Å². The molecule has 0 aliphatic heterocycles. The summed E-state index contributed by atoms with van der Waals surface area (Å²) in [4.78, 5) is 22.7. The molecule has 1 heterocycles. The van der Waals surface area contributed by atoms with E-state index in [4.69, 9.17) is 16.7 Å². The van der Waals surface area contributed by atoms with Gasteiger partial charge in [-0.15, -0.1) is 0 Å². The Morgan fingerprint density at radius 1 is 1.59 bits per heavy atom. The minimum atomic E-state index is -1.03. The highest BCUT2D eigenvalue weighted by molar-refractivity contribution is 6.31. The van der Waals surface area contributed by atoms with Gasteiger partial charge in [0.15, 0.2) is 0 Å². The van der Waals surface area contributed by atoms with Gasteiger partial charge in [0, 0.05) is 13.2 Å². The van der Waals surface area contributed by atoms with Crippen LogP contribution >= 0.6 is 11.6 Å². The number of carboxylic acids is 1. The van der Waals surface area contributed by atoms with Crippen LogP contribution in [0.25, 0.3) is 0 Å². The molecule has 0 aliphatic carbocycles. The number of carbonyl (C=O) groups excluding carboxylic acids is 1. The first-order valence-electron chi connectivity index (χ1n) is 5.31. The van der Waals surface area contributed by atoms with Gasteiger partial charge in [-0.05, 0) is 12.5 Å². The van der Waals surface area contributed by atoms with Gasteiger partial charge < -0.3 is 15.0 Å². The normalized spacial score (nSPS) is 12.2. The van der Waals surface area contributed by atoms with Gasteiger partial charge in [0.1, 0.15) is 11.7 Å². The van der Waals surface area contributed by atoms with Crippen molar-refractivity contribution < 1.29 is 14.7 Å². The highest BCUT2D eigenvalue weighted by Crippen LogP contribution is 2.13. The van der Waals surface area contributed by atoms with Crippen LogP contribution in [0.4, 0.5) is 0 Å². The van der Waals surface area contributed by atoms with E-state index in [9.17, 15) is 9.59 Å². The predicted molar refractivity (Wildman–Crippen MR) is 64.2 cm³/mol. The summed E-state index contributed by atoms with van der Waals surface area (Å²) in [6.07, 6.45) is 2.68. The smallest absolute Gasteiger partial charge is 0.326 e. The number of amides is 1. The average molecular weight is 259 g/mol. The zero-order valence-corrected chi connectivity index (χ0v) is 10.5. The van der Waals surface area contributed by atoms with Gasteiger partial charge in [0.2, 0.25) is 0 Å². The van der Waals surface area contributed by atoms with E-state index in [-0.39, 0.29) is 0 Å². The fourth-order valence-electron chi connectivity index (χ4n) is 1.53. The molecule has 5 nitrogen and oxygen atoms in total. The zero-order chi connectivity index (χ0) is 13.0. The second-order valence-electron chi connectivity index (χ2n) is 3.81. The summed E-state index contributed by atoms with van der Waals surface area (Å²) < 4.78 is 1.56. The quantitative estimate of drug-likeness (QED) is 0.844. The second kappa shape index (κ2) is 5.72. The van der Waals surface area contributed by atoms with Crippen molar-refractivity contribution in [3.8, 4) is 0 Å². The topological polar surface area (TPSA) is 71.3 Å². The van der Waals surface area contributed by atoms with Crippen molar-refractivity contribution in [2.24, 2.45) is 7.05 Å². The van der Waals surface area contributed by atoms with Crippen LogP contribution in [0.15, 0.2) is 12.3 Å². The monoisotopic (exact) mass is 258 g/mol. The van der Waals surface area contributed by atoms with Gasteiger partial charge in [0.25, 0.3) is 5.91 Å². The Bertz CT molecular complexity index is 428. The molecule has 2 N–H and O–H groups in total. The third kappa shape index (κ3) is 3.49. The first-order valence-corrected chi connectivity index (χ1v) is 5.69. The Balaban J connectivity index is 2.77. The van der Waals surface area contributed by atoms with Gasteiger partial charge in [-0.1, -0.05) is 24.9 Å². The lowest BCUT2D eigenvalue weighted by Crippen LogP contribution is -2.41. The maximum absolute atomic E-state index is 11.8. The maximum atomic E-state index is 11.8. The summed E-state index contributed by atoms with van der Waals surface area (Å²) in [5, 5.41) is 11.8. The largest absolute Gasteiger partial charge is 0.480 e. The summed E-state index contributed by atoms with van der Waals surface area (Å²) >= 11 is 5.75. The van der Waals surface area contributed by atoms with Crippen LogP contribution in [0.3, 0.4) is 0 Å². The van der Waals surface area contributed by atoms with Crippen molar-refractivity contribution in [3.63, 3.8) is 0 Å². The van der Waals surface area contributed by atoms with E-state index in [2.05, 4.69) is 5.32 Å². The Kier molecular flexibility index (Phi) is 4.57. The van der Waals surface area contributed by atoms with E-state index < -0.39 is 17.9 Å². The van der Waals surface area contributed by atoms with Crippen LogP contribution < -0.4 is 5.32 Å². The molecular formula is C11H15ClN2O3. The number of aliphatic carboxylic acids is 1. The summed E-state index contributed by atoms with van der Waals surface area (Å²) in [6.45, 7) is 1.86. The summed E-state index contributed by atoms with van der Waals surface area (Å²) in [7, 11) is 1.68. The second-order valence-corrected chi connectivity index (χ2v) is 4.24. The standard InChI is InChI=1S/C11H15ClN2O3/c1-3-4-8(11(16)17)13-10(15)9-5-7(12)6-14(9)2/h5-6,8H,3-4H2,1-2H3,(H,13,15)(H,16,17)/t8-/m0/s1. The van der Waals surface area contributed by atoms with Crippen molar-refractivity contribution in [1.82, 2.24) is 9.88 Å². The van der Waals surface area contributed by atoms with Gasteiger partial charge in [-0.25, -0.2) is 4.79 Å². The first kappa shape index (κ1) is 13.6. The molecule has 1 aromatic rings. The van der Waals surface area contributed by atoms with Crippen molar-refractivity contribution in [2.45, 2.75) is 25.8 Å². The third-order valence-electron chi connectivity index (χ3n) is 2.38. The fraction of sp³-hybridized carbons (Fsp3) is 0.455. The molecule has 0 aromatic carbocycles. The molecule has 6 heteroatoms. The van der Waals surface area contributed by atoms with Crippen LogP contribution in [0.5, 0.6) is 0 Å². The molecule has 0 saturated carbocycles. The minimum Gasteiger partial charge on any atom is -0.480 e. The van der Waals surface area contributed by atoms with Crippen LogP contribution in [-0.2, 0) is 11.8 Å². The molecule has 0 unspecified atom stereocenters. The van der Waals surface area contributed by atoms with E-state index in [0.29, 0.717) is 23.6 Å². The van der Waals surface area contributed by atoms with Crippen molar-refractivity contribution in [3.05, 3.63) is 23.0 Å². The van der Waals surface area contributed by atoms with Crippen LogP contribution in [-0.4, -0.2) is 27.6 Å². The predicted octanol–water partition coefficient (Wildman–Crippen LogP) is 1.66. The lowest BCUT2D eigenvalue weighted by molar-refractivity contribution is -0.139. The first-order chi connectivity index (χ1) is 7.95. The van der Waals surface area contributed by atoms with Crippen LogP contribution in [0, 0.1) is 0 Å².